The van der Waals surface area contributed by atoms with Gasteiger partial charge in [-0.15, -0.1) is 0 Å². The first-order valence-electron chi connectivity index (χ1n) is 4.53. The minimum Gasteiger partial charge on any atom is -0.478 e. The van der Waals surface area contributed by atoms with E-state index in [9.17, 15) is 0 Å². The van der Waals surface area contributed by atoms with E-state index in [-0.39, 0.29) is 6.61 Å². The van der Waals surface area contributed by atoms with Gasteiger partial charge in [0.2, 0.25) is 0 Å². The predicted octanol–water partition coefficient (Wildman–Crippen LogP) is -0.114. The molecule has 0 saturated carbocycles. The van der Waals surface area contributed by atoms with Gasteiger partial charge in [-0.1, -0.05) is 12.1 Å². The Bertz CT molecular complexity index is 375. The average Bonchev–Trinajstić information content (AvgIpc) is 2.16. The Morgan fingerprint density at radius 1 is 1.33 bits per heavy atom. The van der Waals surface area contributed by atoms with Gasteiger partial charge in [-0.3, -0.25) is 0 Å². The molecule has 0 atom stereocenters. The molecule has 0 saturated heterocycles. The second-order valence-electron chi connectivity index (χ2n) is 3.30. The molecule has 1 aromatic rings. The molecule has 0 heterocycles. The summed E-state index contributed by atoms with van der Waals surface area (Å²) in [5.41, 5.74) is 2.00. The van der Waals surface area contributed by atoms with Gasteiger partial charge in [-0.2, -0.15) is 5.26 Å². The third kappa shape index (κ3) is 2.72. The zero-order valence-corrected chi connectivity index (χ0v) is 8.69. The summed E-state index contributed by atoms with van der Waals surface area (Å²) < 4.78 is 5.23. The lowest BCUT2D eigenvalue weighted by Crippen LogP contribution is -2.30. The first-order chi connectivity index (χ1) is 7.06. The Labute approximate surface area is 88.9 Å². The number of nitriles is 1. The molecule has 0 fully saturated rings. The SMILES string of the molecule is Cc1cc(B(O)O)cc(C)c1OCC#N. The molecule has 5 heteroatoms. The van der Waals surface area contributed by atoms with E-state index in [1.54, 1.807) is 26.0 Å². The molecule has 0 radical (unpaired) electrons. The normalized spacial score (nSPS) is 9.53. The molecule has 0 unspecified atom stereocenters. The van der Waals surface area contributed by atoms with E-state index in [1.807, 2.05) is 6.07 Å². The fourth-order valence-electron chi connectivity index (χ4n) is 1.46. The van der Waals surface area contributed by atoms with Crippen molar-refractivity contribution < 1.29 is 14.8 Å². The van der Waals surface area contributed by atoms with Gasteiger partial charge in [0.1, 0.15) is 11.8 Å². The smallest absolute Gasteiger partial charge is 0.478 e. The van der Waals surface area contributed by atoms with Gasteiger partial charge in [0.15, 0.2) is 6.61 Å². The maximum Gasteiger partial charge on any atom is 0.488 e. The molecule has 1 aromatic carbocycles. The molecule has 15 heavy (non-hydrogen) atoms. The average molecular weight is 205 g/mol. The van der Waals surface area contributed by atoms with Crippen molar-refractivity contribution in [1.29, 1.82) is 5.26 Å². The van der Waals surface area contributed by atoms with Gasteiger partial charge in [0, 0.05) is 0 Å². The highest BCUT2D eigenvalue weighted by molar-refractivity contribution is 6.58. The maximum atomic E-state index is 9.00. The zero-order chi connectivity index (χ0) is 11.4. The lowest BCUT2D eigenvalue weighted by atomic mass is 9.78. The van der Waals surface area contributed by atoms with Gasteiger partial charge in [0.25, 0.3) is 0 Å². The Hall–Kier alpha value is -1.51. The monoisotopic (exact) mass is 205 g/mol. The number of hydrogen-bond acceptors (Lipinski definition) is 4. The number of hydrogen-bond donors (Lipinski definition) is 2. The number of nitrogens with zero attached hydrogens (tertiary/aromatic N) is 1. The van der Waals surface area contributed by atoms with Gasteiger partial charge in [-0.25, -0.2) is 0 Å². The van der Waals surface area contributed by atoms with Crippen LogP contribution in [0.3, 0.4) is 0 Å². The second-order valence-corrected chi connectivity index (χ2v) is 3.30. The number of rotatable bonds is 3. The molecular weight excluding hydrogens is 193 g/mol. The highest BCUT2D eigenvalue weighted by atomic mass is 16.5. The maximum absolute atomic E-state index is 9.00. The predicted molar refractivity (Wildman–Crippen MR) is 56.8 cm³/mol. The summed E-state index contributed by atoms with van der Waals surface area (Å²) in [7, 11) is -1.48. The highest BCUT2D eigenvalue weighted by Gasteiger charge is 2.14. The van der Waals surface area contributed by atoms with Gasteiger partial charge < -0.3 is 14.8 Å². The summed E-state index contributed by atoms with van der Waals surface area (Å²) in [4.78, 5) is 0. The Morgan fingerprint density at radius 3 is 2.27 bits per heavy atom. The van der Waals surface area contributed by atoms with Crippen molar-refractivity contribution in [3.05, 3.63) is 23.3 Å². The quantitative estimate of drug-likeness (QED) is 0.675. The number of benzene rings is 1. The van der Waals surface area contributed by atoms with Crippen LogP contribution in [0.4, 0.5) is 0 Å². The molecule has 0 amide bonds. The zero-order valence-electron chi connectivity index (χ0n) is 8.69. The van der Waals surface area contributed by atoms with E-state index >= 15 is 0 Å². The van der Waals surface area contributed by atoms with Crippen LogP contribution in [0.25, 0.3) is 0 Å². The van der Waals surface area contributed by atoms with Gasteiger partial charge in [-0.05, 0) is 30.4 Å². The van der Waals surface area contributed by atoms with Crippen LogP contribution >= 0.6 is 0 Å². The van der Waals surface area contributed by atoms with E-state index in [4.69, 9.17) is 20.0 Å². The molecule has 1 rings (SSSR count). The van der Waals surface area contributed by atoms with Gasteiger partial charge in [0.05, 0.1) is 0 Å². The molecule has 0 aliphatic rings. The van der Waals surface area contributed by atoms with Crippen molar-refractivity contribution >= 4 is 12.6 Å². The Morgan fingerprint density at radius 2 is 1.87 bits per heavy atom. The Balaban J connectivity index is 3.05. The van der Waals surface area contributed by atoms with E-state index < -0.39 is 7.12 Å². The van der Waals surface area contributed by atoms with E-state index in [0.717, 1.165) is 11.1 Å². The lowest BCUT2D eigenvalue weighted by molar-refractivity contribution is 0.363. The summed E-state index contributed by atoms with van der Waals surface area (Å²) in [6.45, 7) is 3.58. The van der Waals surface area contributed by atoms with Crippen molar-refractivity contribution in [2.75, 3.05) is 6.61 Å². The summed E-state index contributed by atoms with van der Waals surface area (Å²) in [6.07, 6.45) is 0. The van der Waals surface area contributed by atoms with E-state index in [0.29, 0.717) is 11.2 Å². The number of ether oxygens (including phenoxy) is 1. The fraction of sp³-hybridized carbons (Fsp3) is 0.300. The Kier molecular flexibility index (Phi) is 3.72. The minimum absolute atomic E-state index is 0.0112. The van der Waals surface area contributed by atoms with Crippen molar-refractivity contribution in [1.82, 2.24) is 0 Å². The summed E-state index contributed by atoms with van der Waals surface area (Å²) in [5, 5.41) is 26.4. The van der Waals surface area contributed by atoms with Crippen molar-refractivity contribution in [3.63, 3.8) is 0 Å². The highest BCUT2D eigenvalue weighted by Crippen LogP contribution is 2.21. The van der Waals surface area contributed by atoms with Crippen LogP contribution in [-0.4, -0.2) is 23.8 Å². The van der Waals surface area contributed by atoms with Crippen LogP contribution in [0.2, 0.25) is 0 Å². The fourth-order valence-corrected chi connectivity index (χ4v) is 1.46. The lowest BCUT2D eigenvalue weighted by Gasteiger charge is -2.11. The first-order valence-corrected chi connectivity index (χ1v) is 4.53. The van der Waals surface area contributed by atoms with Crippen LogP contribution < -0.4 is 10.2 Å². The van der Waals surface area contributed by atoms with Crippen LogP contribution in [0.15, 0.2) is 12.1 Å². The summed E-state index contributed by atoms with van der Waals surface area (Å²) in [5.74, 6) is 0.626. The molecule has 0 aromatic heterocycles. The molecule has 2 N–H and O–H groups in total. The van der Waals surface area contributed by atoms with Crippen molar-refractivity contribution in [3.8, 4) is 11.8 Å². The molecule has 4 nitrogen and oxygen atoms in total. The van der Waals surface area contributed by atoms with E-state index in [1.165, 1.54) is 0 Å². The minimum atomic E-state index is -1.48. The molecular formula is C10H12BNO3. The second kappa shape index (κ2) is 4.83. The molecule has 0 aliphatic carbocycles. The van der Waals surface area contributed by atoms with E-state index in [2.05, 4.69) is 0 Å². The van der Waals surface area contributed by atoms with Crippen LogP contribution in [0.5, 0.6) is 5.75 Å². The van der Waals surface area contributed by atoms with Gasteiger partial charge >= 0.3 is 7.12 Å². The van der Waals surface area contributed by atoms with Crippen molar-refractivity contribution in [2.24, 2.45) is 0 Å². The summed E-state index contributed by atoms with van der Waals surface area (Å²) in [6, 6.07) is 5.15. The number of aryl methyl sites for hydroxylation is 2. The largest absolute Gasteiger partial charge is 0.488 e. The molecule has 0 spiro atoms. The van der Waals surface area contributed by atoms with Crippen molar-refractivity contribution in [2.45, 2.75) is 13.8 Å². The van der Waals surface area contributed by atoms with Crippen LogP contribution in [-0.2, 0) is 0 Å². The third-order valence-electron chi connectivity index (χ3n) is 2.06. The molecule has 0 bridgehead atoms. The topological polar surface area (TPSA) is 73.5 Å². The standard InChI is InChI=1S/C10H12BNO3/c1-7-5-9(11(13)14)6-8(2)10(7)15-4-3-12/h5-6,13-14H,4H2,1-2H3. The first kappa shape index (κ1) is 11.6. The molecule has 0 aliphatic heterocycles. The molecule has 78 valence electrons. The van der Waals surface area contributed by atoms with Crippen LogP contribution in [0, 0.1) is 25.2 Å². The third-order valence-corrected chi connectivity index (χ3v) is 2.06. The summed E-state index contributed by atoms with van der Waals surface area (Å²) >= 11 is 0. The van der Waals surface area contributed by atoms with Crippen LogP contribution in [0.1, 0.15) is 11.1 Å².